The van der Waals surface area contributed by atoms with Crippen LogP contribution < -0.4 is 5.73 Å². The van der Waals surface area contributed by atoms with Crippen molar-refractivity contribution in [2.75, 3.05) is 0 Å². The van der Waals surface area contributed by atoms with E-state index >= 15 is 0 Å². The highest BCUT2D eigenvalue weighted by molar-refractivity contribution is 5.89. The number of primary amides is 1. The number of rotatable bonds is 3. The van der Waals surface area contributed by atoms with Crippen LogP contribution in [0.2, 0.25) is 0 Å². The van der Waals surface area contributed by atoms with Crippen LogP contribution in [0.25, 0.3) is 5.69 Å². The van der Waals surface area contributed by atoms with Gasteiger partial charge in [0.15, 0.2) is 0 Å². The molecule has 0 aliphatic heterocycles. The Bertz CT molecular complexity index is 634. The topological polar surface area (TPSA) is 114 Å². The molecule has 0 fully saturated rings. The SMILES string of the molecule is CC(C)c1cc(-n2cnnc2C(N)=O)c(O)cc1O. The van der Waals surface area contributed by atoms with E-state index in [-0.39, 0.29) is 23.2 Å². The van der Waals surface area contributed by atoms with Crippen molar-refractivity contribution in [2.45, 2.75) is 19.8 Å². The van der Waals surface area contributed by atoms with Crippen molar-refractivity contribution in [3.8, 4) is 17.2 Å². The van der Waals surface area contributed by atoms with Crippen molar-refractivity contribution >= 4 is 5.91 Å². The number of hydrogen-bond acceptors (Lipinski definition) is 5. The van der Waals surface area contributed by atoms with E-state index in [4.69, 9.17) is 5.73 Å². The third-order valence-electron chi connectivity index (χ3n) is 2.77. The zero-order valence-electron chi connectivity index (χ0n) is 10.5. The Labute approximate surface area is 109 Å². The van der Waals surface area contributed by atoms with Gasteiger partial charge in [-0.25, -0.2) is 0 Å². The van der Waals surface area contributed by atoms with Gasteiger partial charge < -0.3 is 15.9 Å². The fourth-order valence-electron chi connectivity index (χ4n) is 1.82. The minimum atomic E-state index is -0.754. The normalized spacial score (nSPS) is 10.9. The van der Waals surface area contributed by atoms with E-state index in [9.17, 15) is 15.0 Å². The van der Waals surface area contributed by atoms with Gasteiger partial charge in [-0.05, 0) is 17.5 Å². The van der Waals surface area contributed by atoms with E-state index in [0.29, 0.717) is 11.3 Å². The van der Waals surface area contributed by atoms with Crippen molar-refractivity contribution < 1.29 is 15.0 Å². The lowest BCUT2D eigenvalue weighted by Gasteiger charge is -2.13. The molecule has 0 unspecified atom stereocenters. The lowest BCUT2D eigenvalue weighted by Crippen LogP contribution is -2.17. The summed E-state index contributed by atoms with van der Waals surface area (Å²) >= 11 is 0. The first-order valence-electron chi connectivity index (χ1n) is 5.68. The highest BCUT2D eigenvalue weighted by Gasteiger charge is 2.17. The number of carbonyl (C=O) groups is 1. The summed E-state index contributed by atoms with van der Waals surface area (Å²) in [6.45, 7) is 3.80. The lowest BCUT2D eigenvalue weighted by atomic mass is 10.0. The summed E-state index contributed by atoms with van der Waals surface area (Å²) in [6.07, 6.45) is 1.27. The lowest BCUT2D eigenvalue weighted by molar-refractivity contribution is 0.0988. The molecule has 7 nitrogen and oxygen atoms in total. The Morgan fingerprint density at radius 1 is 1.32 bits per heavy atom. The van der Waals surface area contributed by atoms with E-state index in [1.807, 2.05) is 13.8 Å². The second-order valence-electron chi connectivity index (χ2n) is 4.44. The Morgan fingerprint density at radius 2 is 2.00 bits per heavy atom. The number of phenols is 2. The highest BCUT2D eigenvalue weighted by atomic mass is 16.3. The van der Waals surface area contributed by atoms with Gasteiger partial charge in [-0.3, -0.25) is 9.36 Å². The maximum Gasteiger partial charge on any atom is 0.287 e. The molecule has 7 heteroatoms. The number of aromatic hydroxyl groups is 2. The molecule has 0 saturated heterocycles. The van der Waals surface area contributed by atoms with Crippen LogP contribution in [0.5, 0.6) is 11.5 Å². The van der Waals surface area contributed by atoms with E-state index in [1.54, 1.807) is 6.07 Å². The van der Waals surface area contributed by atoms with Gasteiger partial charge in [0, 0.05) is 6.07 Å². The first-order valence-corrected chi connectivity index (χ1v) is 5.68. The summed E-state index contributed by atoms with van der Waals surface area (Å²) in [4.78, 5) is 11.2. The maximum atomic E-state index is 11.2. The molecule has 0 aliphatic carbocycles. The number of benzene rings is 1. The van der Waals surface area contributed by atoms with Crippen molar-refractivity contribution in [1.29, 1.82) is 0 Å². The number of aromatic nitrogens is 3. The van der Waals surface area contributed by atoms with Crippen LogP contribution in [0.15, 0.2) is 18.5 Å². The Kier molecular flexibility index (Phi) is 3.12. The van der Waals surface area contributed by atoms with Gasteiger partial charge in [0.25, 0.3) is 5.91 Å². The van der Waals surface area contributed by atoms with Crippen molar-refractivity contribution in [2.24, 2.45) is 5.73 Å². The summed E-state index contributed by atoms with van der Waals surface area (Å²) in [6, 6.07) is 2.79. The van der Waals surface area contributed by atoms with E-state index in [2.05, 4.69) is 10.2 Å². The molecule has 4 N–H and O–H groups in total. The number of nitrogens with zero attached hydrogens (tertiary/aromatic N) is 3. The average molecular weight is 262 g/mol. The fourth-order valence-corrected chi connectivity index (χ4v) is 1.82. The Balaban J connectivity index is 2.65. The van der Waals surface area contributed by atoms with Crippen molar-refractivity contribution in [1.82, 2.24) is 14.8 Å². The molecule has 1 heterocycles. The number of carbonyl (C=O) groups excluding carboxylic acids is 1. The van der Waals surface area contributed by atoms with Crippen molar-refractivity contribution in [3.05, 3.63) is 29.8 Å². The first-order chi connectivity index (χ1) is 8.91. The molecular weight excluding hydrogens is 248 g/mol. The molecule has 0 radical (unpaired) electrons. The summed E-state index contributed by atoms with van der Waals surface area (Å²) in [5.41, 5.74) is 6.11. The molecule has 0 atom stereocenters. The summed E-state index contributed by atoms with van der Waals surface area (Å²) in [5.74, 6) is -0.992. The number of amides is 1. The molecule has 0 saturated carbocycles. The summed E-state index contributed by atoms with van der Waals surface area (Å²) in [7, 11) is 0. The van der Waals surface area contributed by atoms with Crippen LogP contribution in [0.3, 0.4) is 0 Å². The summed E-state index contributed by atoms with van der Waals surface area (Å²) in [5, 5.41) is 26.8. The van der Waals surface area contributed by atoms with Crippen molar-refractivity contribution in [3.63, 3.8) is 0 Å². The maximum absolute atomic E-state index is 11.2. The molecule has 1 aromatic carbocycles. The zero-order chi connectivity index (χ0) is 14.2. The predicted molar refractivity (Wildman–Crippen MR) is 67.3 cm³/mol. The molecule has 100 valence electrons. The zero-order valence-corrected chi connectivity index (χ0v) is 10.5. The highest BCUT2D eigenvalue weighted by Crippen LogP contribution is 2.34. The number of nitrogens with two attached hydrogens (primary N) is 1. The molecular formula is C12H14N4O3. The monoisotopic (exact) mass is 262 g/mol. The van der Waals surface area contributed by atoms with Crippen LogP contribution in [-0.2, 0) is 0 Å². The quantitative estimate of drug-likeness (QED) is 0.760. The second kappa shape index (κ2) is 4.60. The third kappa shape index (κ3) is 2.22. The molecule has 1 amide bonds. The van der Waals surface area contributed by atoms with Gasteiger partial charge in [-0.15, -0.1) is 10.2 Å². The third-order valence-corrected chi connectivity index (χ3v) is 2.77. The van der Waals surface area contributed by atoms with Gasteiger partial charge in [0.05, 0.1) is 5.69 Å². The molecule has 1 aromatic heterocycles. The smallest absolute Gasteiger partial charge is 0.287 e. The minimum absolute atomic E-state index is 0.00931. The average Bonchev–Trinajstić information content (AvgIpc) is 2.77. The number of phenolic OH excluding ortho intramolecular Hbond substituents is 2. The van der Waals surface area contributed by atoms with E-state index in [1.165, 1.54) is 17.0 Å². The van der Waals surface area contributed by atoms with Gasteiger partial charge in [-0.1, -0.05) is 13.8 Å². The van der Waals surface area contributed by atoms with Crippen LogP contribution in [0, 0.1) is 0 Å². The minimum Gasteiger partial charge on any atom is -0.508 e. The van der Waals surface area contributed by atoms with Crippen LogP contribution in [0.4, 0.5) is 0 Å². The second-order valence-corrected chi connectivity index (χ2v) is 4.44. The molecule has 19 heavy (non-hydrogen) atoms. The first kappa shape index (κ1) is 12.9. The number of hydrogen-bond donors (Lipinski definition) is 3. The largest absolute Gasteiger partial charge is 0.508 e. The van der Waals surface area contributed by atoms with Gasteiger partial charge in [0.1, 0.15) is 17.8 Å². The summed E-state index contributed by atoms with van der Waals surface area (Å²) < 4.78 is 1.28. The molecule has 0 bridgehead atoms. The van der Waals surface area contributed by atoms with Gasteiger partial charge >= 0.3 is 0 Å². The van der Waals surface area contributed by atoms with Crippen LogP contribution in [0.1, 0.15) is 35.9 Å². The Hall–Kier alpha value is -2.57. The fraction of sp³-hybridized carbons (Fsp3) is 0.250. The van der Waals surface area contributed by atoms with E-state index in [0.717, 1.165) is 0 Å². The van der Waals surface area contributed by atoms with Gasteiger partial charge in [-0.2, -0.15) is 0 Å². The van der Waals surface area contributed by atoms with Crippen LogP contribution >= 0.6 is 0 Å². The molecule has 2 aromatic rings. The van der Waals surface area contributed by atoms with Gasteiger partial charge in [0.2, 0.25) is 5.82 Å². The Morgan fingerprint density at radius 3 is 2.58 bits per heavy atom. The predicted octanol–water partition coefficient (Wildman–Crippen LogP) is 0.901. The van der Waals surface area contributed by atoms with E-state index < -0.39 is 5.91 Å². The molecule has 0 spiro atoms. The molecule has 0 aliphatic rings. The standard InChI is InChI=1S/C12H14N4O3/c1-6(2)7-3-8(10(18)4-9(7)17)16-5-14-15-12(16)11(13)19/h3-6,17-18H,1-2H3,(H2,13,19). The molecule has 2 rings (SSSR count). The van der Waals surface area contributed by atoms with Crippen LogP contribution in [-0.4, -0.2) is 30.9 Å².